The van der Waals surface area contributed by atoms with Gasteiger partial charge in [-0.25, -0.2) is 0 Å². The zero-order chi connectivity index (χ0) is 30.1. The van der Waals surface area contributed by atoms with Crippen molar-refractivity contribution in [1.29, 1.82) is 0 Å². The van der Waals surface area contributed by atoms with E-state index in [1.807, 2.05) is 27.7 Å². The van der Waals surface area contributed by atoms with Crippen molar-refractivity contribution in [2.24, 2.45) is 0 Å². The Morgan fingerprint density at radius 2 is 1.63 bits per heavy atom. The molecule has 0 bridgehead atoms. The topological polar surface area (TPSA) is 137 Å². The summed E-state index contributed by atoms with van der Waals surface area (Å²) in [5.74, 6) is -1.74. The lowest BCUT2D eigenvalue weighted by Gasteiger charge is -2.44. The van der Waals surface area contributed by atoms with Gasteiger partial charge in [-0.3, -0.25) is 24.0 Å². The number of carbonyl (C=O) groups excluding carboxylic acids is 3. The molecule has 41 heavy (non-hydrogen) atoms. The number of nitrogens with zero attached hydrogens (tertiary/aromatic N) is 3. The number of carbonyl (C=O) groups is 3. The Kier molecular flexibility index (Phi) is 9.39. The molecule has 0 N–H and O–H groups in total. The zero-order valence-corrected chi connectivity index (χ0v) is 25.4. The van der Waals surface area contributed by atoms with Crippen LogP contribution in [0.3, 0.4) is 0 Å². The SMILES string of the molecule is CC(=O)OCC1O[C@H](Sc2cncc(Cl)c2)[C@@H](OC(C)=O)C(n2cc(B3OC(C)(C)C(C)(C)O3)cn2)[C@H]1OC(C)=O. The monoisotopic (exact) mass is 609 g/mol. The average Bonchev–Trinajstić information content (AvgIpc) is 3.41. The smallest absolute Gasteiger partial charge is 0.463 e. The third-order valence-corrected chi connectivity index (χ3v) is 8.37. The minimum absolute atomic E-state index is 0.229. The summed E-state index contributed by atoms with van der Waals surface area (Å²) < 4.78 is 37.0. The van der Waals surface area contributed by atoms with Crippen LogP contribution in [-0.2, 0) is 42.6 Å². The first-order valence-electron chi connectivity index (χ1n) is 13.0. The van der Waals surface area contributed by atoms with Crippen molar-refractivity contribution in [3.8, 4) is 0 Å². The van der Waals surface area contributed by atoms with Crippen LogP contribution in [0, 0.1) is 0 Å². The highest BCUT2D eigenvalue weighted by molar-refractivity contribution is 7.99. The van der Waals surface area contributed by atoms with Crippen molar-refractivity contribution in [2.75, 3.05) is 6.61 Å². The highest BCUT2D eigenvalue weighted by Crippen LogP contribution is 2.42. The summed E-state index contributed by atoms with van der Waals surface area (Å²) in [6.45, 7) is 11.3. The first-order valence-corrected chi connectivity index (χ1v) is 14.2. The molecule has 2 aromatic heterocycles. The Morgan fingerprint density at radius 3 is 2.22 bits per heavy atom. The Morgan fingerprint density at radius 1 is 1.00 bits per heavy atom. The fourth-order valence-electron chi connectivity index (χ4n) is 4.49. The summed E-state index contributed by atoms with van der Waals surface area (Å²) >= 11 is 7.35. The van der Waals surface area contributed by atoms with Crippen LogP contribution in [0.1, 0.15) is 54.5 Å². The molecule has 0 amide bonds. The maximum Gasteiger partial charge on any atom is 0.498 e. The first kappa shape index (κ1) is 31.3. The molecule has 2 aliphatic heterocycles. The van der Waals surface area contributed by atoms with Crippen LogP contribution >= 0.6 is 23.4 Å². The lowest BCUT2D eigenvalue weighted by molar-refractivity contribution is -0.212. The molecule has 222 valence electrons. The molecular formula is C26H33BClN3O9S. The average molecular weight is 610 g/mol. The standard InChI is InChI=1S/C26H33BClN3O9S/c1-14(32)35-13-20-22(36-15(2)33)21(31-12-17(9-30-31)27-39-25(4,5)26(6,7)40-27)23(37-16(3)34)24(38-20)41-19-8-18(28)10-29-11-19/h8-12,20-24H,13H2,1-7H3/t20?,21?,22-,23-,24+/m0/s1. The second-order valence-corrected chi connectivity index (χ2v) is 12.4. The highest BCUT2D eigenvalue weighted by atomic mass is 35.5. The van der Waals surface area contributed by atoms with E-state index in [2.05, 4.69) is 10.1 Å². The molecule has 2 unspecified atom stereocenters. The third-order valence-electron chi connectivity index (χ3n) is 7.06. The van der Waals surface area contributed by atoms with Gasteiger partial charge in [-0.2, -0.15) is 5.10 Å². The van der Waals surface area contributed by atoms with Crippen LogP contribution in [0.5, 0.6) is 0 Å². The summed E-state index contributed by atoms with van der Waals surface area (Å²) in [7, 11) is -0.715. The number of esters is 3. The number of ether oxygens (including phenoxy) is 4. The van der Waals surface area contributed by atoms with Crippen LogP contribution in [0.15, 0.2) is 35.7 Å². The van der Waals surface area contributed by atoms with Gasteiger partial charge in [0.25, 0.3) is 0 Å². The van der Waals surface area contributed by atoms with Crippen LogP contribution in [-0.4, -0.2) is 81.3 Å². The van der Waals surface area contributed by atoms with E-state index in [9.17, 15) is 14.4 Å². The molecular weight excluding hydrogens is 577 g/mol. The predicted molar refractivity (Wildman–Crippen MR) is 148 cm³/mol. The molecule has 0 aliphatic carbocycles. The van der Waals surface area contributed by atoms with Crippen LogP contribution in [0.25, 0.3) is 0 Å². The third kappa shape index (κ3) is 7.23. The van der Waals surface area contributed by atoms with E-state index in [0.29, 0.717) is 15.4 Å². The molecule has 15 heteroatoms. The van der Waals surface area contributed by atoms with Crippen molar-refractivity contribution in [3.63, 3.8) is 0 Å². The van der Waals surface area contributed by atoms with E-state index in [1.54, 1.807) is 24.7 Å². The normalized spacial score (nSPS) is 26.8. The van der Waals surface area contributed by atoms with Crippen molar-refractivity contribution in [2.45, 2.75) is 94.4 Å². The van der Waals surface area contributed by atoms with E-state index in [1.165, 1.54) is 43.4 Å². The Balaban J connectivity index is 1.76. The van der Waals surface area contributed by atoms with E-state index in [-0.39, 0.29) is 6.61 Å². The maximum atomic E-state index is 12.4. The molecule has 0 saturated carbocycles. The lowest BCUT2D eigenvalue weighted by Crippen LogP contribution is -2.57. The fraction of sp³-hybridized carbons (Fsp3) is 0.577. The second-order valence-electron chi connectivity index (χ2n) is 10.8. The predicted octanol–water partition coefficient (Wildman–Crippen LogP) is 2.72. The van der Waals surface area contributed by atoms with Gasteiger partial charge in [0.05, 0.1) is 16.2 Å². The van der Waals surface area contributed by atoms with E-state index >= 15 is 0 Å². The molecule has 0 aromatic carbocycles. The number of thioether (sulfide) groups is 1. The summed E-state index contributed by atoms with van der Waals surface area (Å²) in [5.41, 5.74) is -1.42. The highest BCUT2D eigenvalue weighted by Gasteiger charge is 2.54. The van der Waals surface area contributed by atoms with Gasteiger partial charge < -0.3 is 28.3 Å². The number of halogens is 1. The number of pyridine rings is 1. The van der Waals surface area contributed by atoms with Crippen molar-refractivity contribution in [3.05, 3.63) is 35.9 Å². The van der Waals surface area contributed by atoms with Gasteiger partial charge >= 0.3 is 25.0 Å². The van der Waals surface area contributed by atoms with Crippen LogP contribution < -0.4 is 5.46 Å². The Bertz CT molecular complexity index is 1280. The molecule has 2 aliphatic rings. The number of hydrogen-bond acceptors (Lipinski definition) is 12. The number of rotatable bonds is 8. The molecule has 5 atom stereocenters. The van der Waals surface area contributed by atoms with E-state index in [0.717, 1.165) is 0 Å². The number of aromatic nitrogens is 3. The molecule has 12 nitrogen and oxygen atoms in total. The van der Waals surface area contributed by atoms with Gasteiger partial charge in [-0.05, 0) is 33.8 Å². The summed E-state index contributed by atoms with van der Waals surface area (Å²) in [6, 6.07) is 0.796. The van der Waals surface area contributed by atoms with Gasteiger partial charge in [0.1, 0.15) is 24.2 Å². The first-order chi connectivity index (χ1) is 19.2. The van der Waals surface area contributed by atoms with Crippen molar-refractivity contribution >= 4 is 53.9 Å². The van der Waals surface area contributed by atoms with Gasteiger partial charge in [0, 0.05) is 55.9 Å². The second kappa shape index (κ2) is 12.3. The van der Waals surface area contributed by atoms with E-state index in [4.69, 9.17) is 39.9 Å². The maximum absolute atomic E-state index is 12.4. The molecule has 2 aromatic rings. The molecule has 2 fully saturated rings. The fourth-order valence-corrected chi connectivity index (χ4v) is 5.86. The molecule has 2 saturated heterocycles. The van der Waals surface area contributed by atoms with E-state index < -0.39 is 66.0 Å². The largest absolute Gasteiger partial charge is 0.498 e. The Hall–Kier alpha value is -2.65. The van der Waals surface area contributed by atoms with Crippen molar-refractivity contribution < 1.29 is 42.6 Å². The number of hydrogen-bond donors (Lipinski definition) is 0. The molecule has 4 rings (SSSR count). The molecule has 0 radical (unpaired) electrons. The minimum atomic E-state index is -1.06. The van der Waals surface area contributed by atoms with Gasteiger partial charge in [-0.15, -0.1) is 0 Å². The summed E-state index contributed by atoms with van der Waals surface area (Å²) in [4.78, 5) is 41.1. The lowest BCUT2D eigenvalue weighted by atomic mass is 9.82. The minimum Gasteiger partial charge on any atom is -0.463 e. The zero-order valence-electron chi connectivity index (χ0n) is 23.9. The molecule has 0 spiro atoms. The molecule has 4 heterocycles. The van der Waals surface area contributed by atoms with Crippen molar-refractivity contribution in [1.82, 2.24) is 14.8 Å². The van der Waals surface area contributed by atoms with Gasteiger partial charge in [-0.1, -0.05) is 23.4 Å². The quantitative estimate of drug-likeness (QED) is 0.247. The van der Waals surface area contributed by atoms with Gasteiger partial charge in [0.15, 0.2) is 12.2 Å². The van der Waals surface area contributed by atoms with Gasteiger partial charge in [0.2, 0.25) is 0 Å². The van der Waals surface area contributed by atoms with Crippen LogP contribution in [0.2, 0.25) is 5.02 Å². The summed E-state index contributed by atoms with van der Waals surface area (Å²) in [5, 5.41) is 4.95. The summed E-state index contributed by atoms with van der Waals surface area (Å²) in [6.07, 6.45) is 3.34. The van der Waals surface area contributed by atoms with Crippen LogP contribution in [0.4, 0.5) is 0 Å². The Labute approximate surface area is 247 Å².